The minimum atomic E-state index is -0.213. The van der Waals surface area contributed by atoms with Crippen molar-refractivity contribution in [1.29, 1.82) is 0 Å². The molecule has 1 aliphatic rings. The standard InChI is InChI=1S/C20H24N2O4S/c23-11-13-26-12-10-21-19(25)17-15-8-4-5-9-16(15)27-20(17)22-18(24)14-6-2-1-3-7-14/h1-3,6-7,23H,4-5,8-13H2,(H,21,25)(H,22,24). The van der Waals surface area contributed by atoms with Crippen molar-refractivity contribution in [2.45, 2.75) is 25.7 Å². The zero-order valence-electron chi connectivity index (χ0n) is 15.1. The maximum absolute atomic E-state index is 12.8. The molecule has 3 rings (SSSR count). The highest BCUT2D eigenvalue weighted by Gasteiger charge is 2.26. The Balaban J connectivity index is 1.76. The molecule has 0 saturated carbocycles. The number of anilines is 1. The fraction of sp³-hybridized carbons (Fsp3) is 0.400. The van der Waals surface area contributed by atoms with Crippen LogP contribution in [0.15, 0.2) is 30.3 Å². The van der Waals surface area contributed by atoms with Gasteiger partial charge in [0.1, 0.15) is 5.00 Å². The number of hydrogen-bond acceptors (Lipinski definition) is 5. The third-order valence-electron chi connectivity index (χ3n) is 4.43. The number of carbonyl (C=O) groups is 2. The van der Waals surface area contributed by atoms with E-state index >= 15 is 0 Å². The van der Waals surface area contributed by atoms with E-state index in [9.17, 15) is 9.59 Å². The van der Waals surface area contributed by atoms with E-state index in [-0.39, 0.29) is 25.0 Å². The zero-order valence-corrected chi connectivity index (χ0v) is 15.9. The Kier molecular flexibility index (Phi) is 6.98. The molecule has 0 saturated heterocycles. The summed E-state index contributed by atoms with van der Waals surface area (Å²) >= 11 is 1.50. The Morgan fingerprint density at radius 3 is 2.63 bits per heavy atom. The van der Waals surface area contributed by atoms with E-state index in [0.717, 1.165) is 31.2 Å². The lowest BCUT2D eigenvalue weighted by molar-refractivity contribution is 0.0838. The second-order valence-electron chi connectivity index (χ2n) is 6.33. The fourth-order valence-corrected chi connectivity index (χ4v) is 4.43. The molecular formula is C20H24N2O4S. The Morgan fingerprint density at radius 1 is 1.07 bits per heavy atom. The molecule has 0 atom stereocenters. The van der Waals surface area contributed by atoms with Crippen LogP contribution in [0.3, 0.4) is 0 Å². The normalized spacial score (nSPS) is 13.1. The average Bonchev–Trinajstić information content (AvgIpc) is 3.06. The summed E-state index contributed by atoms with van der Waals surface area (Å²) < 4.78 is 5.18. The van der Waals surface area contributed by atoms with Gasteiger partial charge < -0.3 is 20.5 Å². The SMILES string of the molecule is O=C(Nc1sc2c(c1C(=O)NCCOCCO)CCCC2)c1ccccc1. The van der Waals surface area contributed by atoms with E-state index in [2.05, 4.69) is 10.6 Å². The number of carbonyl (C=O) groups excluding carboxylic acids is 2. The van der Waals surface area contributed by atoms with Gasteiger partial charge in [-0.15, -0.1) is 11.3 Å². The Labute approximate surface area is 162 Å². The zero-order chi connectivity index (χ0) is 19.1. The van der Waals surface area contributed by atoms with Crippen molar-refractivity contribution in [2.75, 3.05) is 31.7 Å². The van der Waals surface area contributed by atoms with Gasteiger partial charge >= 0.3 is 0 Å². The number of ether oxygens (including phenoxy) is 1. The number of rotatable bonds is 8. The van der Waals surface area contributed by atoms with Crippen molar-refractivity contribution >= 4 is 28.2 Å². The van der Waals surface area contributed by atoms with Gasteiger partial charge in [0.2, 0.25) is 0 Å². The van der Waals surface area contributed by atoms with Crippen molar-refractivity contribution in [3.63, 3.8) is 0 Å². The molecule has 1 aromatic heterocycles. The van der Waals surface area contributed by atoms with E-state index in [1.807, 2.05) is 18.2 Å². The van der Waals surface area contributed by atoms with Crippen LogP contribution in [0.25, 0.3) is 0 Å². The molecule has 6 nitrogen and oxygen atoms in total. The van der Waals surface area contributed by atoms with Crippen LogP contribution < -0.4 is 10.6 Å². The van der Waals surface area contributed by atoms with Crippen molar-refractivity contribution in [3.05, 3.63) is 51.9 Å². The minimum Gasteiger partial charge on any atom is -0.394 e. The van der Waals surface area contributed by atoms with Gasteiger partial charge in [-0.3, -0.25) is 9.59 Å². The monoisotopic (exact) mass is 388 g/mol. The quantitative estimate of drug-likeness (QED) is 0.607. The first-order chi connectivity index (χ1) is 13.2. The second-order valence-corrected chi connectivity index (χ2v) is 7.43. The molecule has 0 bridgehead atoms. The highest BCUT2D eigenvalue weighted by Crippen LogP contribution is 2.38. The molecule has 2 aromatic rings. The highest BCUT2D eigenvalue weighted by molar-refractivity contribution is 7.17. The molecule has 0 spiro atoms. The summed E-state index contributed by atoms with van der Waals surface area (Å²) in [5, 5.41) is 15.1. The third-order valence-corrected chi connectivity index (χ3v) is 5.64. The average molecular weight is 388 g/mol. The van der Waals surface area contributed by atoms with Crippen molar-refractivity contribution in [3.8, 4) is 0 Å². The summed E-state index contributed by atoms with van der Waals surface area (Å²) in [6.45, 7) is 0.906. The molecule has 0 aliphatic heterocycles. The molecule has 27 heavy (non-hydrogen) atoms. The van der Waals surface area contributed by atoms with Gasteiger partial charge in [-0.05, 0) is 43.4 Å². The number of aliphatic hydroxyl groups excluding tert-OH is 1. The molecule has 0 unspecified atom stereocenters. The van der Waals surface area contributed by atoms with Crippen LogP contribution in [0.5, 0.6) is 0 Å². The maximum atomic E-state index is 12.8. The summed E-state index contributed by atoms with van der Waals surface area (Å²) in [6, 6.07) is 8.99. The van der Waals surface area contributed by atoms with E-state index in [1.54, 1.807) is 12.1 Å². The second kappa shape index (κ2) is 9.64. The minimum absolute atomic E-state index is 0.0400. The third kappa shape index (κ3) is 4.94. The van der Waals surface area contributed by atoms with Crippen molar-refractivity contribution in [1.82, 2.24) is 5.32 Å². The maximum Gasteiger partial charge on any atom is 0.256 e. The first-order valence-corrected chi connectivity index (χ1v) is 10.00. The van der Waals surface area contributed by atoms with Crippen LogP contribution in [0.2, 0.25) is 0 Å². The molecule has 0 radical (unpaired) electrons. The van der Waals surface area contributed by atoms with Crippen molar-refractivity contribution in [2.24, 2.45) is 0 Å². The summed E-state index contributed by atoms with van der Waals surface area (Å²) in [5.74, 6) is -0.403. The van der Waals surface area contributed by atoms with Crippen LogP contribution in [-0.4, -0.2) is 43.3 Å². The van der Waals surface area contributed by atoms with Gasteiger partial charge in [0, 0.05) is 17.0 Å². The lowest BCUT2D eigenvalue weighted by Crippen LogP contribution is -2.29. The lowest BCUT2D eigenvalue weighted by atomic mass is 9.95. The number of fused-ring (bicyclic) bond motifs is 1. The van der Waals surface area contributed by atoms with Crippen LogP contribution in [0, 0.1) is 0 Å². The van der Waals surface area contributed by atoms with Crippen LogP contribution in [-0.2, 0) is 17.6 Å². The summed E-state index contributed by atoms with van der Waals surface area (Å²) in [5.41, 5.74) is 2.21. The van der Waals surface area contributed by atoms with E-state index in [4.69, 9.17) is 9.84 Å². The number of aliphatic hydroxyl groups is 1. The van der Waals surface area contributed by atoms with E-state index in [1.165, 1.54) is 16.2 Å². The van der Waals surface area contributed by atoms with E-state index in [0.29, 0.717) is 29.3 Å². The van der Waals surface area contributed by atoms with Crippen LogP contribution in [0.1, 0.15) is 44.0 Å². The lowest BCUT2D eigenvalue weighted by Gasteiger charge is -2.13. The van der Waals surface area contributed by atoms with Crippen LogP contribution in [0.4, 0.5) is 5.00 Å². The molecule has 1 heterocycles. The molecule has 7 heteroatoms. The fourth-order valence-electron chi connectivity index (χ4n) is 3.15. The first kappa shape index (κ1) is 19.5. The largest absolute Gasteiger partial charge is 0.394 e. The molecule has 1 aliphatic carbocycles. The summed E-state index contributed by atoms with van der Waals surface area (Å²) in [6.07, 6.45) is 3.96. The number of nitrogens with one attached hydrogen (secondary N) is 2. The molecule has 3 N–H and O–H groups in total. The number of aryl methyl sites for hydroxylation is 1. The Morgan fingerprint density at radius 2 is 1.85 bits per heavy atom. The van der Waals surface area contributed by atoms with Crippen LogP contribution >= 0.6 is 11.3 Å². The molecular weight excluding hydrogens is 364 g/mol. The van der Waals surface area contributed by atoms with Gasteiger partial charge in [0.15, 0.2) is 0 Å². The predicted octanol–water partition coefficient (Wildman–Crippen LogP) is 2.62. The Hall–Kier alpha value is -2.22. The highest BCUT2D eigenvalue weighted by atomic mass is 32.1. The first-order valence-electron chi connectivity index (χ1n) is 9.18. The summed E-state index contributed by atoms with van der Waals surface area (Å²) in [7, 11) is 0. The summed E-state index contributed by atoms with van der Waals surface area (Å²) in [4.78, 5) is 26.5. The Bertz CT molecular complexity index is 789. The van der Waals surface area contributed by atoms with Gasteiger partial charge in [0.25, 0.3) is 11.8 Å². The van der Waals surface area contributed by atoms with Gasteiger partial charge in [0.05, 0.1) is 25.4 Å². The number of hydrogen-bond donors (Lipinski definition) is 3. The van der Waals surface area contributed by atoms with Gasteiger partial charge in [-0.25, -0.2) is 0 Å². The predicted molar refractivity (Wildman–Crippen MR) is 106 cm³/mol. The smallest absolute Gasteiger partial charge is 0.256 e. The van der Waals surface area contributed by atoms with Gasteiger partial charge in [-0.2, -0.15) is 0 Å². The van der Waals surface area contributed by atoms with Gasteiger partial charge in [-0.1, -0.05) is 18.2 Å². The number of amides is 2. The molecule has 0 fully saturated rings. The molecule has 2 amide bonds. The molecule has 1 aromatic carbocycles. The van der Waals surface area contributed by atoms with E-state index < -0.39 is 0 Å². The topological polar surface area (TPSA) is 87.7 Å². The number of thiophene rings is 1. The number of benzene rings is 1. The van der Waals surface area contributed by atoms with Crippen molar-refractivity contribution < 1.29 is 19.4 Å². The molecule has 144 valence electrons.